The van der Waals surface area contributed by atoms with Crippen LogP contribution in [0.4, 0.5) is 11.4 Å². The summed E-state index contributed by atoms with van der Waals surface area (Å²) >= 11 is 7.05. The Bertz CT molecular complexity index is 594. The Balaban J connectivity index is 2.30. The lowest BCUT2D eigenvalue weighted by Gasteiger charge is -2.24. The summed E-state index contributed by atoms with van der Waals surface area (Å²) < 4.78 is 2.19. The zero-order valence-corrected chi connectivity index (χ0v) is 15.7. The molecule has 1 N–H and O–H groups in total. The van der Waals surface area contributed by atoms with Gasteiger partial charge >= 0.3 is 0 Å². The normalized spacial score (nSPS) is 12.0. The maximum atomic E-state index is 3.67. The molecule has 0 aliphatic heterocycles. The monoisotopic (exact) mass is 410 g/mol. The van der Waals surface area contributed by atoms with Crippen LogP contribution in [-0.4, -0.2) is 14.1 Å². The first-order valence-electron chi connectivity index (χ1n) is 7.00. The van der Waals surface area contributed by atoms with Crippen molar-refractivity contribution < 1.29 is 0 Å². The van der Waals surface area contributed by atoms with E-state index in [2.05, 4.69) is 106 Å². The molecule has 21 heavy (non-hydrogen) atoms. The molecule has 0 radical (unpaired) electrons. The molecule has 2 aromatic carbocycles. The van der Waals surface area contributed by atoms with Crippen LogP contribution in [0.5, 0.6) is 0 Å². The van der Waals surface area contributed by atoms with E-state index in [1.165, 1.54) is 11.3 Å². The van der Waals surface area contributed by atoms with Crippen molar-refractivity contribution in [3.05, 3.63) is 57.0 Å². The zero-order valence-electron chi connectivity index (χ0n) is 12.5. The highest BCUT2D eigenvalue weighted by Gasteiger charge is 2.12. The minimum Gasteiger partial charge on any atom is -0.377 e. The molecule has 0 saturated carbocycles. The van der Waals surface area contributed by atoms with Crippen LogP contribution in [0.2, 0.25) is 0 Å². The Morgan fingerprint density at radius 2 is 1.62 bits per heavy atom. The molecular formula is C17H20Br2N2. The summed E-state index contributed by atoms with van der Waals surface area (Å²) in [6.45, 7) is 2.20. The van der Waals surface area contributed by atoms with Crippen molar-refractivity contribution in [3.63, 3.8) is 0 Å². The van der Waals surface area contributed by atoms with Crippen molar-refractivity contribution in [2.24, 2.45) is 0 Å². The first-order valence-corrected chi connectivity index (χ1v) is 8.58. The highest BCUT2D eigenvalue weighted by atomic mass is 79.9. The fourth-order valence-corrected chi connectivity index (χ4v) is 2.94. The predicted molar refractivity (Wildman–Crippen MR) is 99.3 cm³/mol. The standard InChI is InChI=1S/C17H20Br2N2/c1-4-15(12-5-7-13(18)8-6-12)20-16-11-14(19)9-10-17(16)21(2)3/h5-11,15,20H,4H2,1-3H3. The number of hydrogen-bond donors (Lipinski definition) is 1. The predicted octanol–water partition coefficient (Wildman–Crippen LogP) is 5.84. The molecule has 112 valence electrons. The zero-order chi connectivity index (χ0) is 15.4. The molecule has 0 heterocycles. The lowest BCUT2D eigenvalue weighted by Crippen LogP contribution is -2.15. The smallest absolute Gasteiger partial charge is 0.0597 e. The van der Waals surface area contributed by atoms with Crippen LogP contribution in [0.1, 0.15) is 24.9 Å². The van der Waals surface area contributed by atoms with E-state index in [0.717, 1.165) is 21.1 Å². The summed E-state index contributed by atoms with van der Waals surface area (Å²) in [4.78, 5) is 2.13. The van der Waals surface area contributed by atoms with Gasteiger partial charge in [0.15, 0.2) is 0 Å². The van der Waals surface area contributed by atoms with Gasteiger partial charge in [0.25, 0.3) is 0 Å². The van der Waals surface area contributed by atoms with Crippen LogP contribution < -0.4 is 10.2 Å². The van der Waals surface area contributed by atoms with Crippen LogP contribution in [0.25, 0.3) is 0 Å². The van der Waals surface area contributed by atoms with Crippen LogP contribution in [0.3, 0.4) is 0 Å². The number of nitrogens with one attached hydrogen (secondary N) is 1. The first-order chi connectivity index (χ1) is 10.0. The van der Waals surface area contributed by atoms with E-state index in [-0.39, 0.29) is 0 Å². The number of benzene rings is 2. The van der Waals surface area contributed by atoms with Gasteiger partial charge < -0.3 is 10.2 Å². The highest BCUT2D eigenvalue weighted by molar-refractivity contribution is 9.10. The Morgan fingerprint density at radius 1 is 1.00 bits per heavy atom. The van der Waals surface area contributed by atoms with E-state index < -0.39 is 0 Å². The summed E-state index contributed by atoms with van der Waals surface area (Å²) in [7, 11) is 4.13. The molecule has 1 unspecified atom stereocenters. The molecule has 0 amide bonds. The van der Waals surface area contributed by atoms with Crippen molar-refractivity contribution in [1.29, 1.82) is 0 Å². The first kappa shape index (κ1) is 16.4. The second kappa shape index (κ2) is 7.32. The third kappa shape index (κ3) is 4.24. The van der Waals surface area contributed by atoms with Gasteiger partial charge in [-0.05, 0) is 42.3 Å². The number of hydrogen-bond acceptors (Lipinski definition) is 2. The van der Waals surface area contributed by atoms with E-state index in [1.54, 1.807) is 0 Å². The second-order valence-corrected chi connectivity index (χ2v) is 7.04. The molecule has 2 aromatic rings. The Labute approximate surface area is 143 Å². The van der Waals surface area contributed by atoms with Crippen LogP contribution in [-0.2, 0) is 0 Å². The minimum absolute atomic E-state index is 0.297. The van der Waals surface area contributed by atoms with E-state index in [1.807, 2.05) is 0 Å². The quantitative estimate of drug-likeness (QED) is 0.664. The average molecular weight is 412 g/mol. The van der Waals surface area contributed by atoms with Gasteiger partial charge in [-0.3, -0.25) is 0 Å². The van der Waals surface area contributed by atoms with Gasteiger partial charge in [-0.1, -0.05) is 50.9 Å². The molecule has 0 aliphatic carbocycles. The largest absolute Gasteiger partial charge is 0.377 e. The molecule has 0 aromatic heterocycles. The Kier molecular flexibility index (Phi) is 5.71. The number of nitrogens with zero attached hydrogens (tertiary/aromatic N) is 1. The van der Waals surface area contributed by atoms with Crippen molar-refractivity contribution >= 4 is 43.2 Å². The van der Waals surface area contributed by atoms with Crippen molar-refractivity contribution in [2.45, 2.75) is 19.4 Å². The van der Waals surface area contributed by atoms with Crippen LogP contribution in [0.15, 0.2) is 51.4 Å². The molecule has 2 nitrogen and oxygen atoms in total. The van der Waals surface area contributed by atoms with Crippen LogP contribution >= 0.6 is 31.9 Å². The van der Waals surface area contributed by atoms with Gasteiger partial charge in [-0.2, -0.15) is 0 Å². The molecule has 0 aliphatic rings. The van der Waals surface area contributed by atoms with Gasteiger partial charge in [-0.25, -0.2) is 0 Å². The van der Waals surface area contributed by atoms with E-state index in [9.17, 15) is 0 Å². The number of halogens is 2. The van der Waals surface area contributed by atoms with E-state index >= 15 is 0 Å². The fraction of sp³-hybridized carbons (Fsp3) is 0.294. The Hall–Kier alpha value is -1.00. The number of anilines is 2. The van der Waals surface area contributed by atoms with Gasteiger partial charge in [0, 0.05) is 23.0 Å². The highest BCUT2D eigenvalue weighted by Crippen LogP contribution is 2.32. The average Bonchev–Trinajstić information content (AvgIpc) is 2.45. The van der Waals surface area contributed by atoms with Gasteiger partial charge in [0.1, 0.15) is 0 Å². The maximum absolute atomic E-state index is 3.67. The molecule has 4 heteroatoms. The summed E-state index contributed by atoms with van der Waals surface area (Å²) in [5, 5.41) is 3.67. The third-order valence-corrected chi connectivity index (χ3v) is 4.47. The molecule has 0 spiro atoms. The van der Waals surface area contributed by atoms with Gasteiger partial charge in [0.05, 0.1) is 17.4 Å². The lowest BCUT2D eigenvalue weighted by atomic mass is 10.0. The summed E-state index contributed by atoms with van der Waals surface area (Å²) in [5.41, 5.74) is 3.63. The summed E-state index contributed by atoms with van der Waals surface area (Å²) in [6, 6.07) is 15.1. The van der Waals surface area contributed by atoms with Gasteiger partial charge in [-0.15, -0.1) is 0 Å². The molecule has 1 atom stereocenters. The van der Waals surface area contributed by atoms with Crippen molar-refractivity contribution in [3.8, 4) is 0 Å². The summed E-state index contributed by atoms with van der Waals surface area (Å²) in [5.74, 6) is 0. The maximum Gasteiger partial charge on any atom is 0.0597 e. The molecule has 2 rings (SSSR count). The minimum atomic E-state index is 0.297. The molecular weight excluding hydrogens is 392 g/mol. The topological polar surface area (TPSA) is 15.3 Å². The Morgan fingerprint density at radius 3 is 2.19 bits per heavy atom. The van der Waals surface area contributed by atoms with Crippen LogP contribution in [0, 0.1) is 0 Å². The van der Waals surface area contributed by atoms with Gasteiger partial charge in [0.2, 0.25) is 0 Å². The SMILES string of the molecule is CCC(Nc1cc(Br)ccc1N(C)C)c1ccc(Br)cc1. The van der Waals surface area contributed by atoms with E-state index in [0.29, 0.717) is 6.04 Å². The lowest BCUT2D eigenvalue weighted by molar-refractivity contribution is 0.749. The third-order valence-electron chi connectivity index (χ3n) is 3.45. The molecule has 0 saturated heterocycles. The second-order valence-electron chi connectivity index (χ2n) is 5.21. The number of rotatable bonds is 5. The molecule has 0 bridgehead atoms. The van der Waals surface area contributed by atoms with Crippen molar-refractivity contribution in [2.75, 3.05) is 24.3 Å². The van der Waals surface area contributed by atoms with E-state index in [4.69, 9.17) is 0 Å². The fourth-order valence-electron chi connectivity index (χ4n) is 2.32. The molecule has 0 fully saturated rings. The van der Waals surface area contributed by atoms with Crippen molar-refractivity contribution in [1.82, 2.24) is 0 Å². The summed E-state index contributed by atoms with van der Waals surface area (Å²) in [6.07, 6.45) is 1.03.